The van der Waals surface area contributed by atoms with E-state index in [0.29, 0.717) is 13.0 Å². The Balaban J connectivity index is 2.40. The first-order valence-electron chi connectivity index (χ1n) is 6.25. The second-order valence-corrected chi connectivity index (χ2v) is 4.06. The lowest BCUT2D eigenvalue weighted by Gasteiger charge is -2.12. The highest BCUT2D eigenvalue weighted by Gasteiger charge is 2.06. The van der Waals surface area contributed by atoms with Crippen LogP contribution in [0, 0.1) is 11.3 Å². The van der Waals surface area contributed by atoms with Gasteiger partial charge in [0.05, 0.1) is 6.07 Å². The molecule has 0 aliphatic rings. The first-order valence-corrected chi connectivity index (χ1v) is 6.25. The SMILES string of the molecule is CCCNC(C#N)COc1ccc(CCO)cc1. The Labute approximate surface area is 108 Å². The van der Waals surface area contributed by atoms with Crippen LogP contribution < -0.4 is 10.1 Å². The van der Waals surface area contributed by atoms with Gasteiger partial charge in [-0.25, -0.2) is 0 Å². The summed E-state index contributed by atoms with van der Waals surface area (Å²) in [4.78, 5) is 0. The number of hydrogen-bond donors (Lipinski definition) is 2. The molecule has 4 heteroatoms. The average Bonchev–Trinajstić information content (AvgIpc) is 2.41. The van der Waals surface area contributed by atoms with Crippen molar-refractivity contribution in [1.82, 2.24) is 5.32 Å². The molecule has 1 atom stereocenters. The highest BCUT2D eigenvalue weighted by molar-refractivity contribution is 5.27. The highest BCUT2D eigenvalue weighted by Crippen LogP contribution is 2.12. The molecule has 0 aliphatic heterocycles. The van der Waals surface area contributed by atoms with E-state index in [4.69, 9.17) is 15.1 Å². The second-order valence-electron chi connectivity index (χ2n) is 4.06. The molecule has 0 radical (unpaired) electrons. The van der Waals surface area contributed by atoms with E-state index in [-0.39, 0.29) is 12.6 Å². The molecular formula is C14H20N2O2. The molecular weight excluding hydrogens is 228 g/mol. The lowest BCUT2D eigenvalue weighted by atomic mass is 10.1. The number of rotatable bonds is 8. The van der Waals surface area contributed by atoms with Crippen LogP contribution >= 0.6 is 0 Å². The standard InChI is InChI=1S/C14H20N2O2/c1-2-8-16-13(10-15)11-18-14-5-3-12(4-6-14)7-9-17/h3-6,13,16-17H,2,7-9,11H2,1H3. The molecule has 1 unspecified atom stereocenters. The van der Waals surface area contributed by atoms with Crippen molar-refractivity contribution < 1.29 is 9.84 Å². The summed E-state index contributed by atoms with van der Waals surface area (Å²) in [5.41, 5.74) is 1.07. The largest absolute Gasteiger partial charge is 0.491 e. The summed E-state index contributed by atoms with van der Waals surface area (Å²) in [7, 11) is 0. The third kappa shape index (κ3) is 5.17. The van der Waals surface area contributed by atoms with Gasteiger partial charge in [0.25, 0.3) is 0 Å². The number of nitriles is 1. The normalized spacial score (nSPS) is 11.8. The molecule has 0 heterocycles. The minimum atomic E-state index is -0.276. The topological polar surface area (TPSA) is 65.3 Å². The van der Waals surface area contributed by atoms with E-state index in [2.05, 4.69) is 18.3 Å². The number of aliphatic hydroxyl groups is 1. The van der Waals surface area contributed by atoms with Crippen molar-refractivity contribution in [3.05, 3.63) is 29.8 Å². The minimum Gasteiger partial charge on any atom is -0.491 e. The Hall–Kier alpha value is -1.57. The van der Waals surface area contributed by atoms with Gasteiger partial charge in [-0.2, -0.15) is 5.26 Å². The Kier molecular flexibility index (Phi) is 6.85. The van der Waals surface area contributed by atoms with Crippen molar-refractivity contribution in [2.45, 2.75) is 25.8 Å². The molecule has 0 bridgehead atoms. The predicted molar refractivity (Wildman–Crippen MR) is 70.4 cm³/mol. The molecule has 0 spiro atoms. The molecule has 0 fully saturated rings. The number of nitrogens with one attached hydrogen (secondary N) is 1. The maximum Gasteiger partial charge on any atom is 0.130 e. The summed E-state index contributed by atoms with van der Waals surface area (Å²) in [5, 5.41) is 20.8. The molecule has 2 N–H and O–H groups in total. The van der Waals surface area contributed by atoms with Crippen LogP contribution in [0.15, 0.2) is 24.3 Å². The Morgan fingerprint density at radius 2 is 2.11 bits per heavy atom. The zero-order chi connectivity index (χ0) is 13.2. The zero-order valence-corrected chi connectivity index (χ0v) is 10.7. The third-order valence-electron chi connectivity index (χ3n) is 2.54. The van der Waals surface area contributed by atoms with Gasteiger partial charge in [0.1, 0.15) is 18.4 Å². The van der Waals surface area contributed by atoms with Crippen LogP contribution in [0.25, 0.3) is 0 Å². The van der Waals surface area contributed by atoms with Crippen LogP contribution in [-0.4, -0.2) is 30.9 Å². The van der Waals surface area contributed by atoms with Gasteiger partial charge in [-0.3, -0.25) is 5.32 Å². The highest BCUT2D eigenvalue weighted by atomic mass is 16.5. The molecule has 0 aromatic heterocycles. The second kappa shape index (κ2) is 8.51. The molecule has 4 nitrogen and oxygen atoms in total. The van der Waals surface area contributed by atoms with Gasteiger partial charge in [0.2, 0.25) is 0 Å². The van der Waals surface area contributed by atoms with Crippen molar-refractivity contribution in [2.24, 2.45) is 0 Å². The maximum atomic E-state index is 8.92. The first-order chi connectivity index (χ1) is 8.80. The summed E-state index contributed by atoms with van der Waals surface area (Å²) in [6, 6.07) is 9.46. The molecule has 0 aliphatic carbocycles. The van der Waals surface area contributed by atoms with E-state index in [1.165, 1.54) is 0 Å². The van der Waals surface area contributed by atoms with Crippen molar-refractivity contribution >= 4 is 0 Å². The molecule has 1 rings (SSSR count). The van der Waals surface area contributed by atoms with E-state index < -0.39 is 0 Å². The van der Waals surface area contributed by atoms with Crippen LogP contribution in [0.3, 0.4) is 0 Å². The van der Waals surface area contributed by atoms with Gasteiger partial charge in [-0.1, -0.05) is 19.1 Å². The summed E-state index contributed by atoms with van der Waals surface area (Å²) in [6.07, 6.45) is 1.65. The summed E-state index contributed by atoms with van der Waals surface area (Å²) >= 11 is 0. The molecule has 0 amide bonds. The maximum absolute atomic E-state index is 8.92. The lowest BCUT2D eigenvalue weighted by Crippen LogP contribution is -2.33. The van der Waals surface area contributed by atoms with Gasteiger partial charge in [0, 0.05) is 6.61 Å². The number of hydrogen-bond acceptors (Lipinski definition) is 4. The molecule has 0 saturated carbocycles. The quantitative estimate of drug-likeness (QED) is 0.731. The van der Waals surface area contributed by atoms with Gasteiger partial charge < -0.3 is 9.84 Å². The zero-order valence-electron chi connectivity index (χ0n) is 10.7. The van der Waals surface area contributed by atoms with Crippen LogP contribution in [-0.2, 0) is 6.42 Å². The van der Waals surface area contributed by atoms with E-state index >= 15 is 0 Å². The molecule has 0 saturated heterocycles. The molecule has 98 valence electrons. The fourth-order valence-electron chi connectivity index (χ4n) is 1.52. The fourth-order valence-corrected chi connectivity index (χ4v) is 1.52. The van der Waals surface area contributed by atoms with Crippen LogP contribution in [0.2, 0.25) is 0 Å². The van der Waals surface area contributed by atoms with E-state index in [1.54, 1.807) is 0 Å². The Morgan fingerprint density at radius 1 is 1.39 bits per heavy atom. The number of aliphatic hydroxyl groups excluding tert-OH is 1. The number of ether oxygens (including phenoxy) is 1. The van der Waals surface area contributed by atoms with E-state index in [1.807, 2.05) is 24.3 Å². The van der Waals surface area contributed by atoms with Gasteiger partial charge in [0.15, 0.2) is 0 Å². The third-order valence-corrected chi connectivity index (χ3v) is 2.54. The molecule has 1 aromatic carbocycles. The first kappa shape index (κ1) is 14.5. The van der Waals surface area contributed by atoms with E-state index in [0.717, 1.165) is 24.3 Å². The molecule has 1 aromatic rings. The molecule has 18 heavy (non-hydrogen) atoms. The van der Waals surface area contributed by atoms with Gasteiger partial charge in [-0.05, 0) is 37.1 Å². The summed E-state index contributed by atoms with van der Waals surface area (Å²) < 4.78 is 5.54. The fraction of sp³-hybridized carbons (Fsp3) is 0.500. The Morgan fingerprint density at radius 3 is 2.67 bits per heavy atom. The minimum absolute atomic E-state index is 0.150. The van der Waals surface area contributed by atoms with Gasteiger partial charge >= 0.3 is 0 Å². The van der Waals surface area contributed by atoms with Crippen LogP contribution in [0.5, 0.6) is 5.75 Å². The van der Waals surface area contributed by atoms with E-state index in [9.17, 15) is 0 Å². The number of benzene rings is 1. The predicted octanol–water partition coefficient (Wildman–Crippen LogP) is 1.49. The smallest absolute Gasteiger partial charge is 0.130 e. The Bertz CT molecular complexity index is 370. The lowest BCUT2D eigenvalue weighted by molar-refractivity contribution is 0.288. The van der Waals surface area contributed by atoms with Crippen LogP contribution in [0.1, 0.15) is 18.9 Å². The summed E-state index contributed by atoms with van der Waals surface area (Å²) in [5.74, 6) is 0.746. The van der Waals surface area contributed by atoms with Crippen molar-refractivity contribution in [2.75, 3.05) is 19.8 Å². The monoisotopic (exact) mass is 248 g/mol. The number of nitrogens with zero attached hydrogens (tertiary/aromatic N) is 1. The van der Waals surface area contributed by atoms with Crippen molar-refractivity contribution in [3.63, 3.8) is 0 Å². The van der Waals surface area contributed by atoms with Crippen molar-refractivity contribution in [3.8, 4) is 11.8 Å². The summed E-state index contributed by atoms with van der Waals surface area (Å²) in [6.45, 7) is 3.37. The average molecular weight is 248 g/mol. The van der Waals surface area contributed by atoms with Crippen LogP contribution in [0.4, 0.5) is 0 Å². The van der Waals surface area contributed by atoms with Crippen molar-refractivity contribution in [1.29, 1.82) is 5.26 Å². The van der Waals surface area contributed by atoms with Gasteiger partial charge in [-0.15, -0.1) is 0 Å².